The molecule has 8 heteroatoms. The highest BCUT2D eigenvalue weighted by atomic mass is 16.2. The van der Waals surface area contributed by atoms with Gasteiger partial charge in [-0.25, -0.2) is 9.78 Å². The number of amides is 1. The highest BCUT2D eigenvalue weighted by Gasteiger charge is 2.14. The third-order valence-corrected chi connectivity index (χ3v) is 4.13. The lowest BCUT2D eigenvalue weighted by Crippen LogP contribution is -2.37. The number of carbonyl (C=O) groups is 1. The van der Waals surface area contributed by atoms with Crippen LogP contribution in [0.15, 0.2) is 46.2 Å². The van der Waals surface area contributed by atoms with Crippen molar-refractivity contribution in [3.8, 4) is 0 Å². The second-order valence-corrected chi connectivity index (χ2v) is 5.83. The standard InChI is InChI=1S/C17H19N5O3/c1-20-15-14(16(24)21(2)17(20)25)22(11-19-15)9-8-13(23)18-10-12-6-4-3-5-7-12/h3-7,11H,8-10H2,1-2H3,(H,18,23). The molecule has 0 fully saturated rings. The Morgan fingerprint density at radius 2 is 1.84 bits per heavy atom. The van der Waals surface area contributed by atoms with E-state index in [1.54, 1.807) is 11.6 Å². The summed E-state index contributed by atoms with van der Waals surface area (Å²) in [6.07, 6.45) is 1.69. The number of aryl methyl sites for hydroxylation is 2. The molecule has 2 heterocycles. The second-order valence-electron chi connectivity index (χ2n) is 5.83. The quantitative estimate of drug-likeness (QED) is 0.715. The van der Waals surface area contributed by atoms with Crippen molar-refractivity contribution in [2.75, 3.05) is 0 Å². The Kier molecular flexibility index (Phi) is 4.51. The Morgan fingerprint density at radius 3 is 2.56 bits per heavy atom. The van der Waals surface area contributed by atoms with E-state index < -0.39 is 11.2 Å². The van der Waals surface area contributed by atoms with Crippen molar-refractivity contribution in [1.82, 2.24) is 24.0 Å². The van der Waals surface area contributed by atoms with Gasteiger partial charge in [0.2, 0.25) is 5.91 Å². The van der Waals surface area contributed by atoms with E-state index in [0.29, 0.717) is 24.3 Å². The van der Waals surface area contributed by atoms with Crippen molar-refractivity contribution in [2.45, 2.75) is 19.5 Å². The minimum atomic E-state index is -0.427. The number of fused-ring (bicyclic) bond motifs is 1. The predicted molar refractivity (Wildman–Crippen MR) is 93.1 cm³/mol. The number of carbonyl (C=O) groups excluding carboxylic acids is 1. The van der Waals surface area contributed by atoms with E-state index in [0.717, 1.165) is 10.1 Å². The Labute approximate surface area is 143 Å². The van der Waals surface area contributed by atoms with Crippen molar-refractivity contribution < 1.29 is 4.79 Å². The fourth-order valence-corrected chi connectivity index (χ4v) is 2.67. The normalized spacial score (nSPS) is 11.0. The number of aromatic nitrogens is 4. The van der Waals surface area contributed by atoms with E-state index in [1.807, 2.05) is 30.3 Å². The largest absolute Gasteiger partial charge is 0.352 e. The molecule has 0 unspecified atom stereocenters. The minimum absolute atomic E-state index is 0.118. The summed E-state index contributed by atoms with van der Waals surface area (Å²) in [6, 6.07) is 9.63. The molecule has 3 rings (SSSR count). The van der Waals surface area contributed by atoms with Crippen LogP contribution >= 0.6 is 0 Å². The Bertz CT molecular complexity index is 1030. The zero-order valence-electron chi connectivity index (χ0n) is 14.1. The summed E-state index contributed by atoms with van der Waals surface area (Å²) in [5.41, 5.74) is 0.815. The first-order chi connectivity index (χ1) is 12.0. The van der Waals surface area contributed by atoms with Gasteiger partial charge in [0.15, 0.2) is 11.2 Å². The summed E-state index contributed by atoms with van der Waals surface area (Å²) in [4.78, 5) is 40.4. The van der Waals surface area contributed by atoms with E-state index in [4.69, 9.17) is 0 Å². The molecule has 3 aromatic rings. The molecule has 130 valence electrons. The lowest BCUT2D eigenvalue weighted by molar-refractivity contribution is -0.121. The summed E-state index contributed by atoms with van der Waals surface area (Å²) >= 11 is 0. The van der Waals surface area contributed by atoms with E-state index in [-0.39, 0.29) is 12.3 Å². The Balaban J connectivity index is 1.72. The van der Waals surface area contributed by atoms with E-state index in [2.05, 4.69) is 10.3 Å². The molecule has 0 atom stereocenters. The van der Waals surface area contributed by atoms with Crippen LogP contribution in [0.2, 0.25) is 0 Å². The van der Waals surface area contributed by atoms with Crippen LogP contribution in [-0.2, 0) is 32.0 Å². The number of hydrogen-bond acceptors (Lipinski definition) is 4. The van der Waals surface area contributed by atoms with Crippen LogP contribution in [0, 0.1) is 0 Å². The molecule has 1 amide bonds. The van der Waals surface area contributed by atoms with Gasteiger partial charge in [0.05, 0.1) is 6.33 Å². The summed E-state index contributed by atoms with van der Waals surface area (Å²) in [7, 11) is 2.99. The summed E-state index contributed by atoms with van der Waals surface area (Å²) < 4.78 is 3.97. The van der Waals surface area contributed by atoms with Gasteiger partial charge < -0.3 is 9.88 Å². The second kappa shape index (κ2) is 6.76. The van der Waals surface area contributed by atoms with E-state index in [9.17, 15) is 14.4 Å². The van der Waals surface area contributed by atoms with Gasteiger partial charge in [0.25, 0.3) is 5.56 Å². The van der Waals surface area contributed by atoms with Crippen LogP contribution in [0.5, 0.6) is 0 Å². The van der Waals surface area contributed by atoms with Gasteiger partial charge in [-0.15, -0.1) is 0 Å². The molecule has 1 aromatic carbocycles. The SMILES string of the molecule is Cn1c(=O)c2c(ncn2CCC(=O)NCc2ccccc2)n(C)c1=O. The number of hydrogen-bond donors (Lipinski definition) is 1. The molecule has 0 aliphatic rings. The van der Waals surface area contributed by atoms with Crippen LogP contribution in [-0.4, -0.2) is 24.6 Å². The highest BCUT2D eigenvalue weighted by Crippen LogP contribution is 2.06. The van der Waals surface area contributed by atoms with Gasteiger partial charge in [0.1, 0.15) is 0 Å². The minimum Gasteiger partial charge on any atom is -0.352 e. The van der Waals surface area contributed by atoms with Gasteiger partial charge >= 0.3 is 5.69 Å². The van der Waals surface area contributed by atoms with Crippen LogP contribution in [0.25, 0.3) is 11.2 Å². The third-order valence-electron chi connectivity index (χ3n) is 4.13. The lowest BCUT2D eigenvalue weighted by Gasteiger charge is -2.08. The molecule has 0 radical (unpaired) electrons. The van der Waals surface area contributed by atoms with Crippen LogP contribution in [0.1, 0.15) is 12.0 Å². The lowest BCUT2D eigenvalue weighted by atomic mass is 10.2. The molecule has 0 aliphatic carbocycles. The zero-order chi connectivity index (χ0) is 18.0. The fourth-order valence-electron chi connectivity index (χ4n) is 2.67. The Hall–Kier alpha value is -3.16. The molecule has 25 heavy (non-hydrogen) atoms. The monoisotopic (exact) mass is 341 g/mol. The molecule has 0 saturated heterocycles. The summed E-state index contributed by atoms with van der Waals surface area (Å²) in [6.45, 7) is 0.769. The first-order valence-corrected chi connectivity index (χ1v) is 7.90. The van der Waals surface area contributed by atoms with E-state index >= 15 is 0 Å². The fraction of sp³-hybridized carbons (Fsp3) is 0.294. The average molecular weight is 341 g/mol. The molecule has 2 aromatic heterocycles. The first-order valence-electron chi connectivity index (χ1n) is 7.90. The van der Waals surface area contributed by atoms with Gasteiger partial charge in [-0.3, -0.25) is 18.7 Å². The summed E-state index contributed by atoms with van der Waals surface area (Å²) in [5, 5.41) is 2.84. The van der Waals surface area contributed by atoms with Gasteiger partial charge in [0, 0.05) is 33.6 Å². The van der Waals surface area contributed by atoms with Crippen molar-refractivity contribution in [3.63, 3.8) is 0 Å². The van der Waals surface area contributed by atoms with Crippen molar-refractivity contribution in [3.05, 3.63) is 63.1 Å². The number of rotatable bonds is 5. The van der Waals surface area contributed by atoms with Crippen LogP contribution in [0.4, 0.5) is 0 Å². The predicted octanol–water partition coefficient (Wildman–Crippen LogP) is 0.140. The van der Waals surface area contributed by atoms with Crippen molar-refractivity contribution >= 4 is 17.1 Å². The molecular formula is C17H19N5O3. The zero-order valence-corrected chi connectivity index (χ0v) is 14.1. The number of imidazole rings is 1. The van der Waals surface area contributed by atoms with E-state index in [1.165, 1.54) is 17.9 Å². The molecule has 0 saturated carbocycles. The third kappa shape index (κ3) is 3.23. The van der Waals surface area contributed by atoms with Crippen molar-refractivity contribution in [2.24, 2.45) is 14.1 Å². The molecule has 0 bridgehead atoms. The number of benzene rings is 1. The average Bonchev–Trinajstić information content (AvgIpc) is 3.06. The first kappa shape index (κ1) is 16.7. The molecular weight excluding hydrogens is 322 g/mol. The van der Waals surface area contributed by atoms with Crippen LogP contribution < -0.4 is 16.6 Å². The Morgan fingerprint density at radius 1 is 1.12 bits per heavy atom. The maximum atomic E-state index is 12.3. The molecule has 8 nitrogen and oxygen atoms in total. The number of nitrogens with one attached hydrogen (secondary N) is 1. The van der Waals surface area contributed by atoms with Crippen LogP contribution in [0.3, 0.4) is 0 Å². The van der Waals surface area contributed by atoms with Gasteiger partial charge in [-0.2, -0.15) is 0 Å². The molecule has 0 aliphatic heterocycles. The number of nitrogens with zero attached hydrogens (tertiary/aromatic N) is 4. The molecule has 1 N–H and O–H groups in total. The van der Waals surface area contributed by atoms with Crippen molar-refractivity contribution in [1.29, 1.82) is 0 Å². The summed E-state index contributed by atoms with van der Waals surface area (Å²) in [5.74, 6) is -0.118. The molecule has 0 spiro atoms. The highest BCUT2D eigenvalue weighted by molar-refractivity contribution is 5.76. The maximum Gasteiger partial charge on any atom is 0.332 e. The maximum absolute atomic E-state index is 12.3. The van der Waals surface area contributed by atoms with Gasteiger partial charge in [-0.1, -0.05) is 30.3 Å². The smallest absolute Gasteiger partial charge is 0.332 e. The van der Waals surface area contributed by atoms with Gasteiger partial charge in [-0.05, 0) is 5.56 Å². The topological polar surface area (TPSA) is 90.9 Å².